The summed E-state index contributed by atoms with van der Waals surface area (Å²) < 4.78 is 0. The van der Waals surface area contributed by atoms with Crippen molar-refractivity contribution in [2.24, 2.45) is 11.7 Å². The van der Waals surface area contributed by atoms with E-state index in [1.165, 1.54) is 0 Å². The minimum atomic E-state index is -0.562. The Morgan fingerprint density at radius 2 is 1.95 bits per heavy atom. The molecule has 0 aliphatic carbocycles. The van der Waals surface area contributed by atoms with Gasteiger partial charge in [-0.25, -0.2) is 0 Å². The van der Waals surface area contributed by atoms with Gasteiger partial charge in [-0.2, -0.15) is 0 Å². The van der Waals surface area contributed by atoms with E-state index in [0.29, 0.717) is 17.8 Å². The van der Waals surface area contributed by atoms with E-state index in [0.717, 1.165) is 6.42 Å². The van der Waals surface area contributed by atoms with Crippen molar-refractivity contribution in [1.29, 1.82) is 0 Å². The van der Waals surface area contributed by atoms with E-state index in [-0.39, 0.29) is 30.1 Å². The Bertz CT molecular complexity index is 478. The van der Waals surface area contributed by atoms with E-state index in [1.54, 1.807) is 24.3 Å². The molecule has 1 aromatic rings. The first kappa shape index (κ1) is 19.4. The fourth-order valence-electron chi connectivity index (χ4n) is 1.61. The fourth-order valence-corrected chi connectivity index (χ4v) is 1.61. The number of amides is 2. The van der Waals surface area contributed by atoms with Crippen molar-refractivity contribution < 1.29 is 9.59 Å². The van der Waals surface area contributed by atoms with Gasteiger partial charge in [0.05, 0.1) is 6.04 Å². The lowest BCUT2D eigenvalue weighted by atomic mass is 10.0. The van der Waals surface area contributed by atoms with Gasteiger partial charge in [0.2, 0.25) is 5.91 Å². The van der Waals surface area contributed by atoms with Gasteiger partial charge in [0, 0.05) is 17.8 Å². The molecule has 0 fully saturated rings. The number of carbonyl (C=O) groups excluding carboxylic acids is 2. The minimum Gasteiger partial charge on any atom is -0.352 e. The first-order valence-corrected chi connectivity index (χ1v) is 6.90. The number of benzene rings is 1. The molecule has 5 nitrogen and oxygen atoms in total. The highest BCUT2D eigenvalue weighted by molar-refractivity contribution is 5.98. The van der Waals surface area contributed by atoms with Crippen LogP contribution in [0.4, 0.5) is 5.69 Å². The highest BCUT2D eigenvalue weighted by Crippen LogP contribution is 2.12. The zero-order valence-corrected chi connectivity index (χ0v) is 13.5. The average molecular weight is 314 g/mol. The highest BCUT2D eigenvalue weighted by atomic mass is 35.5. The molecule has 0 aliphatic rings. The Hall–Kier alpha value is -1.59. The highest BCUT2D eigenvalue weighted by Gasteiger charge is 2.17. The lowest BCUT2D eigenvalue weighted by molar-refractivity contribution is -0.118. The summed E-state index contributed by atoms with van der Waals surface area (Å²) in [5.41, 5.74) is 6.88. The van der Waals surface area contributed by atoms with E-state index < -0.39 is 6.04 Å². The molecular weight excluding hydrogens is 290 g/mol. The van der Waals surface area contributed by atoms with Crippen molar-refractivity contribution in [3.8, 4) is 0 Å². The number of carbonyl (C=O) groups is 2. The van der Waals surface area contributed by atoms with Crippen LogP contribution >= 0.6 is 12.4 Å². The predicted molar refractivity (Wildman–Crippen MR) is 87.8 cm³/mol. The standard InChI is InChI=1S/C15H23N3O2.ClH/c1-4-8-17-14(19)11-6-5-7-12(9-11)18-15(20)13(16)10(2)3;/h5-7,9-10,13H,4,8,16H2,1-3H3,(H,17,19)(H,18,20);1H. The Morgan fingerprint density at radius 1 is 1.29 bits per heavy atom. The van der Waals surface area contributed by atoms with Crippen LogP contribution in [-0.4, -0.2) is 24.4 Å². The minimum absolute atomic E-state index is 0. The van der Waals surface area contributed by atoms with Crippen LogP contribution in [0.2, 0.25) is 0 Å². The van der Waals surface area contributed by atoms with Crippen LogP contribution in [0.1, 0.15) is 37.6 Å². The van der Waals surface area contributed by atoms with Crippen LogP contribution in [0, 0.1) is 5.92 Å². The molecule has 4 N–H and O–H groups in total. The van der Waals surface area contributed by atoms with Crippen molar-refractivity contribution in [2.45, 2.75) is 33.2 Å². The summed E-state index contributed by atoms with van der Waals surface area (Å²) in [5, 5.41) is 5.52. The Kier molecular flexibility index (Phi) is 8.66. The maximum atomic E-state index is 11.9. The van der Waals surface area contributed by atoms with Crippen molar-refractivity contribution >= 4 is 29.9 Å². The third-order valence-corrected chi connectivity index (χ3v) is 2.95. The fraction of sp³-hybridized carbons (Fsp3) is 0.467. The maximum Gasteiger partial charge on any atom is 0.251 e. The summed E-state index contributed by atoms with van der Waals surface area (Å²) in [6.07, 6.45) is 0.880. The van der Waals surface area contributed by atoms with Crippen molar-refractivity contribution in [3.05, 3.63) is 29.8 Å². The van der Waals surface area contributed by atoms with Crippen molar-refractivity contribution in [3.63, 3.8) is 0 Å². The number of hydrogen-bond donors (Lipinski definition) is 3. The molecule has 0 spiro atoms. The van der Waals surface area contributed by atoms with E-state index in [9.17, 15) is 9.59 Å². The Balaban J connectivity index is 0.00000400. The lowest BCUT2D eigenvalue weighted by Crippen LogP contribution is -2.39. The van der Waals surface area contributed by atoms with Gasteiger partial charge in [-0.15, -0.1) is 12.4 Å². The van der Waals surface area contributed by atoms with Gasteiger partial charge in [0.25, 0.3) is 5.91 Å². The molecule has 1 rings (SSSR count). The second kappa shape index (κ2) is 9.37. The normalized spacial score (nSPS) is 11.5. The summed E-state index contributed by atoms with van der Waals surface area (Å²) in [5.74, 6) is -0.326. The summed E-state index contributed by atoms with van der Waals surface area (Å²) in [6, 6.07) is 6.27. The molecule has 0 bridgehead atoms. The predicted octanol–water partition coefficient (Wildman–Crippen LogP) is 2.17. The van der Waals surface area contributed by atoms with Gasteiger partial charge in [-0.1, -0.05) is 26.8 Å². The smallest absolute Gasteiger partial charge is 0.251 e. The van der Waals surface area contributed by atoms with Crippen molar-refractivity contribution in [2.75, 3.05) is 11.9 Å². The average Bonchev–Trinajstić information content (AvgIpc) is 2.43. The van der Waals surface area contributed by atoms with Gasteiger partial charge in [-0.05, 0) is 30.5 Å². The second-order valence-corrected chi connectivity index (χ2v) is 5.10. The van der Waals surface area contributed by atoms with Crippen molar-refractivity contribution in [1.82, 2.24) is 5.32 Å². The molecule has 1 atom stereocenters. The van der Waals surface area contributed by atoms with Gasteiger partial charge < -0.3 is 16.4 Å². The quantitative estimate of drug-likeness (QED) is 0.752. The molecule has 1 unspecified atom stereocenters. The molecule has 118 valence electrons. The number of nitrogens with two attached hydrogens (primary N) is 1. The summed E-state index contributed by atoms with van der Waals surface area (Å²) in [7, 11) is 0. The Morgan fingerprint density at radius 3 is 2.52 bits per heavy atom. The molecule has 0 aromatic heterocycles. The number of nitrogens with one attached hydrogen (secondary N) is 2. The lowest BCUT2D eigenvalue weighted by Gasteiger charge is -2.15. The van der Waals surface area contributed by atoms with Gasteiger partial charge in [0.15, 0.2) is 0 Å². The number of rotatable bonds is 6. The van der Waals surface area contributed by atoms with Gasteiger partial charge in [-0.3, -0.25) is 9.59 Å². The molecule has 0 radical (unpaired) electrons. The monoisotopic (exact) mass is 313 g/mol. The van der Waals surface area contributed by atoms with Gasteiger partial charge >= 0.3 is 0 Å². The third-order valence-electron chi connectivity index (χ3n) is 2.95. The third kappa shape index (κ3) is 6.14. The second-order valence-electron chi connectivity index (χ2n) is 5.10. The summed E-state index contributed by atoms with van der Waals surface area (Å²) >= 11 is 0. The molecule has 0 heterocycles. The Labute approximate surface area is 132 Å². The largest absolute Gasteiger partial charge is 0.352 e. The molecule has 1 aromatic carbocycles. The first-order valence-electron chi connectivity index (χ1n) is 6.90. The summed E-state index contributed by atoms with van der Waals surface area (Å²) in [6.45, 7) is 6.40. The van der Waals surface area contributed by atoms with Crippen LogP contribution in [0.3, 0.4) is 0 Å². The zero-order valence-electron chi connectivity index (χ0n) is 12.7. The molecule has 6 heteroatoms. The maximum absolute atomic E-state index is 11.9. The van der Waals surface area contributed by atoms with Crippen LogP contribution in [0.15, 0.2) is 24.3 Å². The summed E-state index contributed by atoms with van der Waals surface area (Å²) in [4.78, 5) is 23.7. The number of halogens is 1. The topological polar surface area (TPSA) is 84.2 Å². The van der Waals surface area contributed by atoms with Crippen LogP contribution in [0.5, 0.6) is 0 Å². The molecule has 0 aliphatic heterocycles. The molecule has 0 saturated heterocycles. The zero-order chi connectivity index (χ0) is 15.1. The van der Waals surface area contributed by atoms with Gasteiger partial charge in [0.1, 0.15) is 0 Å². The first-order chi connectivity index (χ1) is 9.45. The number of hydrogen-bond acceptors (Lipinski definition) is 3. The van der Waals surface area contributed by atoms with E-state index in [2.05, 4.69) is 10.6 Å². The molecule has 21 heavy (non-hydrogen) atoms. The van der Waals surface area contributed by atoms with E-state index >= 15 is 0 Å². The number of anilines is 1. The van der Waals surface area contributed by atoms with Crippen LogP contribution in [-0.2, 0) is 4.79 Å². The molecule has 2 amide bonds. The van der Waals surface area contributed by atoms with E-state index in [4.69, 9.17) is 5.73 Å². The van der Waals surface area contributed by atoms with E-state index in [1.807, 2.05) is 20.8 Å². The SMILES string of the molecule is CCCNC(=O)c1cccc(NC(=O)C(N)C(C)C)c1.Cl. The van der Waals surface area contributed by atoms with Crippen LogP contribution < -0.4 is 16.4 Å². The molecular formula is C15H24ClN3O2. The van der Waals surface area contributed by atoms with Crippen LogP contribution in [0.25, 0.3) is 0 Å². The molecule has 0 saturated carbocycles.